The maximum absolute atomic E-state index is 5.73. The molecule has 0 bridgehead atoms. The van der Waals surface area contributed by atoms with Gasteiger partial charge in [0, 0.05) is 41.9 Å². The zero-order chi connectivity index (χ0) is 18.1. The molecular weight excluding hydrogens is 324 g/mol. The summed E-state index contributed by atoms with van der Waals surface area (Å²) < 4.78 is 7.54. The van der Waals surface area contributed by atoms with Gasteiger partial charge < -0.3 is 4.74 Å². The summed E-state index contributed by atoms with van der Waals surface area (Å²) in [4.78, 5) is 8.95. The fourth-order valence-corrected chi connectivity index (χ4v) is 2.98. The van der Waals surface area contributed by atoms with E-state index in [0.29, 0.717) is 5.75 Å². The number of aryl methyl sites for hydroxylation is 1. The van der Waals surface area contributed by atoms with Crippen LogP contribution in [0.25, 0.3) is 33.4 Å². The summed E-state index contributed by atoms with van der Waals surface area (Å²) in [6.07, 6.45) is 3.66. The first-order chi connectivity index (χ1) is 12.6. The van der Waals surface area contributed by atoms with E-state index in [-0.39, 0.29) is 6.10 Å². The Morgan fingerprint density at radius 2 is 1.88 bits per heavy atom. The van der Waals surface area contributed by atoms with Crippen LogP contribution in [-0.4, -0.2) is 25.9 Å². The lowest BCUT2D eigenvalue weighted by Crippen LogP contribution is -2.05. The third kappa shape index (κ3) is 3.04. The summed E-state index contributed by atoms with van der Waals surface area (Å²) in [6.45, 7) is 3.98. The fraction of sp³-hybridized carbons (Fsp3) is 0.190. The quantitative estimate of drug-likeness (QED) is 0.555. The number of benzene rings is 2. The molecule has 0 atom stereocenters. The third-order valence-electron chi connectivity index (χ3n) is 4.04. The van der Waals surface area contributed by atoms with Crippen molar-refractivity contribution in [2.24, 2.45) is 7.05 Å². The number of nitrogens with zero attached hydrogens (tertiary/aromatic N) is 4. The highest BCUT2D eigenvalue weighted by molar-refractivity contribution is 5.96. The van der Waals surface area contributed by atoms with Gasteiger partial charge in [0.1, 0.15) is 17.8 Å². The summed E-state index contributed by atoms with van der Waals surface area (Å²) in [6, 6.07) is 17.1. The van der Waals surface area contributed by atoms with Crippen molar-refractivity contribution in [2.45, 2.75) is 20.0 Å². The van der Waals surface area contributed by atoms with E-state index in [1.54, 1.807) is 6.33 Å². The topological polar surface area (TPSA) is 52.8 Å². The number of hydrogen-bond acceptors (Lipinski definition) is 4. The maximum atomic E-state index is 5.73. The molecule has 5 heteroatoms. The molecule has 0 aliphatic heterocycles. The Hall–Kier alpha value is -3.21. The number of rotatable bonds is 4. The van der Waals surface area contributed by atoms with Gasteiger partial charge in [-0.2, -0.15) is 5.10 Å². The molecule has 129 valence electrons. The standard InChI is InChI=1S/C21H19N4O/c1-14(2)26-16-9-10-17-19(11-16)22-13-23-21(17)18-12-25(3)24-20(18)15-7-5-4-6-8-15/h4-8,10-14H,1-3H3. The second-order valence-electron chi connectivity index (χ2n) is 6.42. The van der Waals surface area contributed by atoms with E-state index in [2.05, 4.69) is 33.3 Å². The second-order valence-corrected chi connectivity index (χ2v) is 6.42. The Morgan fingerprint density at radius 3 is 2.65 bits per heavy atom. The van der Waals surface area contributed by atoms with Gasteiger partial charge in [0.25, 0.3) is 0 Å². The summed E-state index contributed by atoms with van der Waals surface area (Å²) in [5.41, 5.74) is 4.59. The van der Waals surface area contributed by atoms with Crippen molar-refractivity contribution in [2.75, 3.05) is 0 Å². The van der Waals surface area contributed by atoms with E-state index in [0.717, 1.165) is 33.4 Å². The minimum Gasteiger partial charge on any atom is -0.490 e. The van der Waals surface area contributed by atoms with Gasteiger partial charge in [-0.15, -0.1) is 0 Å². The molecule has 2 aromatic carbocycles. The van der Waals surface area contributed by atoms with E-state index in [1.807, 2.05) is 62.1 Å². The molecule has 0 aliphatic carbocycles. The summed E-state index contributed by atoms with van der Waals surface area (Å²) in [5, 5.41) is 5.57. The van der Waals surface area contributed by atoms with Crippen LogP contribution >= 0.6 is 0 Å². The first-order valence-electron chi connectivity index (χ1n) is 8.54. The predicted octanol–water partition coefficient (Wildman–Crippen LogP) is 4.28. The van der Waals surface area contributed by atoms with Gasteiger partial charge >= 0.3 is 0 Å². The van der Waals surface area contributed by atoms with Gasteiger partial charge in [0.15, 0.2) is 0 Å². The first kappa shape index (κ1) is 16.3. The lowest BCUT2D eigenvalue weighted by molar-refractivity contribution is 0.242. The minimum atomic E-state index is 0.0908. The zero-order valence-corrected chi connectivity index (χ0v) is 15.0. The van der Waals surface area contributed by atoms with E-state index in [4.69, 9.17) is 4.74 Å². The van der Waals surface area contributed by atoms with Crippen molar-refractivity contribution in [3.8, 4) is 28.3 Å². The van der Waals surface area contributed by atoms with Crippen molar-refractivity contribution < 1.29 is 4.74 Å². The molecule has 0 unspecified atom stereocenters. The molecule has 0 amide bonds. The normalized spacial score (nSPS) is 11.2. The Kier molecular flexibility index (Phi) is 4.13. The van der Waals surface area contributed by atoms with E-state index < -0.39 is 0 Å². The van der Waals surface area contributed by atoms with Crippen LogP contribution in [0.5, 0.6) is 5.75 Å². The van der Waals surface area contributed by atoms with Crippen molar-refractivity contribution in [1.29, 1.82) is 0 Å². The smallest absolute Gasteiger partial charge is 0.129 e. The van der Waals surface area contributed by atoms with Gasteiger partial charge in [0.2, 0.25) is 0 Å². The van der Waals surface area contributed by atoms with E-state index in [9.17, 15) is 0 Å². The van der Waals surface area contributed by atoms with Crippen molar-refractivity contribution in [3.63, 3.8) is 0 Å². The Morgan fingerprint density at radius 1 is 1.08 bits per heavy atom. The van der Waals surface area contributed by atoms with Crippen LogP contribution in [0.15, 0.2) is 55.0 Å². The molecule has 2 aromatic heterocycles. The van der Waals surface area contributed by atoms with Gasteiger partial charge in [-0.3, -0.25) is 4.68 Å². The predicted molar refractivity (Wildman–Crippen MR) is 102 cm³/mol. The van der Waals surface area contributed by atoms with Crippen molar-refractivity contribution in [1.82, 2.24) is 19.7 Å². The molecule has 0 aliphatic rings. The maximum Gasteiger partial charge on any atom is 0.129 e. The highest BCUT2D eigenvalue weighted by atomic mass is 16.5. The summed E-state index contributed by atoms with van der Waals surface area (Å²) in [7, 11) is 1.92. The SMILES string of the molecule is CC(C)Oc1[c]cc2c(-c3cn(C)nc3-c3ccccc3)ncnc2c1. The molecule has 0 spiro atoms. The van der Waals surface area contributed by atoms with Crippen LogP contribution in [0.4, 0.5) is 0 Å². The van der Waals surface area contributed by atoms with Gasteiger partial charge in [-0.1, -0.05) is 30.3 Å². The van der Waals surface area contributed by atoms with Gasteiger partial charge in [0.05, 0.1) is 17.3 Å². The fourth-order valence-electron chi connectivity index (χ4n) is 2.98. The second kappa shape index (κ2) is 6.59. The number of ether oxygens (including phenoxy) is 1. The monoisotopic (exact) mass is 343 g/mol. The summed E-state index contributed by atoms with van der Waals surface area (Å²) >= 11 is 0. The lowest BCUT2D eigenvalue weighted by atomic mass is 10.0. The Bertz CT molecular complexity index is 1050. The van der Waals surface area contributed by atoms with Gasteiger partial charge in [-0.25, -0.2) is 9.97 Å². The Labute approximate surface area is 152 Å². The molecule has 4 aromatic rings. The highest BCUT2D eigenvalue weighted by Gasteiger charge is 2.16. The highest BCUT2D eigenvalue weighted by Crippen LogP contribution is 2.34. The Balaban J connectivity index is 1.88. The lowest BCUT2D eigenvalue weighted by Gasteiger charge is -2.11. The van der Waals surface area contributed by atoms with Crippen LogP contribution in [0.3, 0.4) is 0 Å². The van der Waals surface area contributed by atoms with Crippen molar-refractivity contribution >= 4 is 10.9 Å². The molecule has 4 rings (SSSR count). The van der Waals surface area contributed by atoms with Crippen LogP contribution < -0.4 is 4.74 Å². The molecule has 2 heterocycles. The number of fused-ring (bicyclic) bond motifs is 1. The molecule has 0 N–H and O–H groups in total. The van der Waals surface area contributed by atoms with Crippen LogP contribution in [-0.2, 0) is 7.05 Å². The molecule has 0 saturated carbocycles. The van der Waals surface area contributed by atoms with Gasteiger partial charge in [-0.05, 0) is 19.9 Å². The van der Waals surface area contributed by atoms with Crippen LogP contribution in [0, 0.1) is 6.07 Å². The van der Waals surface area contributed by atoms with Crippen molar-refractivity contribution in [3.05, 3.63) is 61.1 Å². The molecule has 5 nitrogen and oxygen atoms in total. The van der Waals surface area contributed by atoms with Crippen LogP contribution in [0.1, 0.15) is 13.8 Å². The first-order valence-corrected chi connectivity index (χ1v) is 8.54. The largest absolute Gasteiger partial charge is 0.490 e. The average Bonchev–Trinajstić information content (AvgIpc) is 3.03. The molecule has 26 heavy (non-hydrogen) atoms. The third-order valence-corrected chi connectivity index (χ3v) is 4.04. The zero-order valence-electron chi connectivity index (χ0n) is 15.0. The molecule has 1 radical (unpaired) electrons. The van der Waals surface area contributed by atoms with E-state index >= 15 is 0 Å². The summed E-state index contributed by atoms with van der Waals surface area (Å²) in [5.74, 6) is 0.687. The van der Waals surface area contributed by atoms with E-state index in [1.165, 1.54) is 0 Å². The molecule has 0 saturated heterocycles. The molecular formula is C21H19N4O. The minimum absolute atomic E-state index is 0.0908. The molecule has 0 fully saturated rings. The average molecular weight is 343 g/mol. The number of aromatic nitrogens is 4. The van der Waals surface area contributed by atoms with Crippen LogP contribution in [0.2, 0.25) is 0 Å². The number of hydrogen-bond donors (Lipinski definition) is 0.